The van der Waals surface area contributed by atoms with E-state index in [9.17, 15) is 36.2 Å². The maximum Gasteiger partial charge on any atom is 0.433 e. The molecule has 1 fully saturated rings. The van der Waals surface area contributed by atoms with E-state index in [1.807, 2.05) is 0 Å². The number of methoxy groups -OCH3 is 1. The van der Waals surface area contributed by atoms with Crippen LogP contribution in [0.15, 0.2) is 24.4 Å². The molecule has 0 bridgehead atoms. The minimum absolute atomic E-state index is 0.0579. The van der Waals surface area contributed by atoms with Gasteiger partial charge in [-0.25, -0.2) is 9.97 Å². The molecule has 2 aromatic rings. The van der Waals surface area contributed by atoms with Gasteiger partial charge in [-0.3, -0.25) is 4.79 Å². The first-order chi connectivity index (χ1) is 16.8. The Labute approximate surface area is 209 Å². The zero-order chi connectivity index (χ0) is 28.0. The molecule has 37 heavy (non-hydrogen) atoms. The Morgan fingerprint density at radius 3 is 2.16 bits per heavy atom. The number of nitrogens with zero attached hydrogens (tertiary/aromatic N) is 2. The SMILES string of the molecule is COc1ccnc(C(=O)NC2CC(C)(C)C(Oc3cc(C(F)(F)F)cc(C(F)(F)F)n3)C(C)(C)C2)c1O. The van der Waals surface area contributed by atoms with Gasteiger partial charge >= 0.3 is 12.4 Å². The van der Waals surface area contributed by atoms with E-state index in [-0.39, 0.29) is 30.4 Å². The molecule has 1 aliphatic rings. The van der Waals surface area contributed by atoms with E-state index in [0.29, 0.717) is 6.07 Å². The van der Waals surface area contributed by atoms with Gasteiger partial charge in [-0.05, 0) is 18.9 Å². The molecule has 0 saturated heterocycles. The molecule has 0 unspecified atom stereocenters. The Morgan fingerprint density at radius 1 is 1.05 bits per heavy atom. The molecule has 2 heterocycles. The molecule has 0 aromatic carbocycles. The molecule has 0 radical (unpaired) electrons. The molecule has 3 rings (SSSR count). The molecule has 0 aliphatic heterocycles. The number of pyridine rings is 2. The summed E-state index contributed by atoms with van der Waals surface area (Å²) in [5.74, 6) is -1.83. The lowest BCUT2D eigenvalue weighted by Gasteiger charge is -2.51. The van der Waals surface area contributed by atoms with Gasteiger partial charge in [-0.2, -0.15) is 26.3 Å². The highest BCUT2D eigenvalue weighted by Gasteiger charge is 2.50. The van der Waals surface area contributed by atoms with Crippen molar-refractivity contribution in [1.82, 2.24) is 15.3 Å². The zero-order valence-corrected chi connectivity index (χ0v) is 20.7. The first kappa shape index (κ1) is 28.3. The molecule has 13 heteroatoms. The number of amides is 1. The summed E-state index contributed by atoms with van der Waals surface area (Å²) in [4.78, 5) is 20.0. The summed E-state index contributed by atoms with van der Waals surface area (Å²) in [5, 5.41) is 13.0. The highest BCUT2D eigenvalue weighted by Crippen LogP contribution is 2.48. The molecule has 204 valence electrons. The first-order valence-electron chi connectivity index (χ1n) is 11.2. The van der Waals surface area contributed by atoms with E-state index < -0.39 is 64.1 Å². The van der Waals surface area contributed by atoms with E-state index in [0.717, 1.165) is 0 Å². The fraction of sp³-hybridized carbons (Fsp3) is 0.542. The van der Waals surface area contributed by atoms with Crippen molar-refractivity contribution >= 4 is 5.91 Å². The monoisotopic (exact) mass is 535 g/mol. The third-order valence-electron chi connectivity index (χ3n) is 6.28. The standard InChI is InChI=1S/C24H27F6N3O4/c1-21(2)10-13(32-19(35)17-18(34)14(36-5)6-7-31-17)11-22(3,4)20(21)37-16-9-12(23(25,26)27)8-15(33-16)24(28,29)30/h6-9,13,20,34H,10-11H2,1-5H3,(H,32,35). The van der Waals surface area contributed by atoms with E-state index in [1.165, 1.54) is 19.4 Å². The molecule has 1 amide bonds. The van der Waals surface area contributed by atoms with Crippen LogP contribution in [0.25, 0.3) is 0 Å². The summed E-state index contributed by atoms with van der Waals surface area (Å²) < 4.78 is 90.4. The predicted molar refractivity (Wildman–Crippen MR) is 119 cm³/mol. The molecule has 2 N–H and O–H groups in total. The van der Waals surface area contributed by atoms with E-state index >= 15 is 0 Å². The van der Waals surface area contributed by atoms with Crippen LogP contribution in [-0.2, 0) is 12.4 Å². The summed E-state index contributed by atoms with van der Waals surface area (Å²) in [6.07, 6.45) is -9.16. The minimum Gasteiger partial charge on any atom is -0.503 e. The van der Waals surface area contributed by atoms with Crippen molar-refractivity contribution in [2.45, 2.75) is 65.0 Å². The number of alkyl halides is 6. The smallest absolute Gasteiger partial charge is 0.433 e. The lowest BCUT2D eigenvalue weighted by atomic mass is 9.61. The second kappa shape index (κ2) is 9.56. The molecular formula is C24H27F6N3O4. The summed E-state index contributed by atoms with van der Waals surface area (Å²) in [6, 6.07) is 1.31. The fourth-order valence-corrected chi connectivity index (χ4v) is 5.05. The average molecular weight is 535 g/mol. The van der Waals surface area contributed by atoms with Crippen molar-refractivity contribution in [3.05, 3.63) is 41.3 Å². The number of ether oxygens (including phenoxy) is 2. The minimum atomic E-state index is -5.11. The number of nitrogens with one attached hydrogen (secondary N) is 1. The van der Waals surface area contributed by atoms with Crippen molar-refractivity contribution in [2.24, 2.45) is 10.8 Å². The summed E-state index contributed by atoms with van der Waals surface area (Å²) >= 11 is 0. The van der Waals surface area contributed by atoms with Crippen molar-refractivity contribution in [1.29, 1.82) is 0 Å². The van der Waals surface area contributed by atoms with Crippen molar-refractivity contribution in [2.75, 3.05) is 7.11 Å². The van der Waals surface area contributed by atoms with Crippen LogP contribution in [0.5, 0.6) is 17.4 Å². The van der Waals surface area contributed by atoms with Crippen molar-refractivity contribution in [3.8, 4) is 17.4 Å². The van der Waals surface area contributed by atoms with Crippen molar-refractivity contribution < 1.29 is 45.7 Å². The Balaban J connectivity index is 1.87. The second-order valence-corrected chi connectivity index (χ2v) is 10.3. The molecule has 0 atom stereocenters. The topological polar surface area (TPSA) is 93.6 Å². The van der Waals surface area contributed by atoms with Gasteiger partial charge in [0.05, 0.1) is 12.7 Å². The van der Waals surface area contributed by atoms with E-state index in [1.54, 1.807) is 27.7 Å². The number of aromatic hydroxyl groups is 1. The molecular weight excluding hydrogens is 508 g/mol. The van der Waals surface area contributed by atoms with Gasteiger partial charge in [0.25, 0.3) is 5.91 Å². The predicted octanol–water partition coefficient (Wildman–Crippen LogP) is 5.62. The third-order valence-corrected chi connectivity index (χ3v) is 6.28. The van der Waals surface area contributed by atoms with Crippen LogP contribution in [-0.4, -0.2) is 40.2 Å². The van der Waals surface area contributed by atoms with Crippen LogP contribution in [0.1, 0.15) is 62.3 Å². The first-order valence-corrected chi connectivity index (χ1v) is 11.2. The lowest BCUT2D eigenvalue weighted by molar-refractivity contribution is -0.146. The van der Waals surface area contributed by atoms with Crippen LogP contribution >= 0.6 is 0 Å². The normalized spacial score (nSPS) is 21.3. The largest absolute Gasteiger partial charge is 0.503 e. The number of halogens is 6. The molecule has 0 spiro atoms. The average Bonchev–Trinajstić information content (AvgIpc) is 2.74. The van der Waals surface area contributed by atoms with E-state index in [2.05, 4.69) is 15.3 Å². The Hall–Kier alpha value is -3.25. The summed E-state index contributed by atoms with van der Waals surface area (Å²) in [6.45, 7) is 6.93. The molecule has 1 aliphatic carbocycles. The quantitative estimate of drug-likeness (QED) is 0.483. The maximum atomic E-state index is 13.3. The van der Waals surface area contributed by atoms with Gasteiger partial charge in [0.1, 0.15) is 11.8 Å². The van der Waals surface area contributed by atoms with Crippen molar-refractivity contribution in [3.63, 3.8) is 0 Å². The van der Waals surface area contributed by atoms with Gasteiger partial charge in [-0.15, -0.1) is 0 Å². The Kier molecular flexibility index (Phi) is 7.32. The summed E-state index contributed by atoms with van der Waals surface area (Å²) in [5.41, 5.74) is -5.12. The number of rotatable bonds is 5. The number of hydrogen-bond acceptors (Lipinski definition) is 6. The van der Waals surface area contributed by atoms with Crippen LogP contribution in [0.2, 0.25) is 0 Å². The lowest BCUT2D eigenvalue weighted by Crippen LogP contribution is -2.56. The maximum absolute atomic E-state index is 13.3. The molecule has 2 aromatic heterocycles. The van der Waals surface area contributed by atoms with Gasteiger partial charge in [-0.1, -0.05) is 27.7 Å². The zero-order valence-electron chi connectivity index (χ0n) is 20.7. The number of hydrogen-bond donors (Lipinski definition) is 2. The fourth-order valence-electron chi connectivity index (χ4n) is 5.05. The third kappa shape index (κ3) is 6.19. The number of carbonyl (C=O) groups excluding carboxylic acids is 1. The van der Waals surface area contributed by atoms with Crippen LogP contribution < -0.4 is 14.8 Å². The number of carbonyl (C=O) groups is 1. The van der Waals surface area contributed by atoms with Crippen LogP contribution in [0, 0.1) is 10.8 Å². The van der Waals surface area contributed by atoms with Gasteiger partial charge in [0, 0.05) is 35.2 Å². The Morgan fingerprint density at radius 2 is 1.65 bits per heavy atom. The van der Waals surface area contributed by atoms with Gasteiger partial charge in [0.2, 0.25) is 5.88 Å². The van der Waals surface area contributed by atoms with Gasteiger partial charge in [0.15, 0.2) is 17.2 Å². The van der Waals surface area contributed by atoms with Crippen LogP contribution in [0.3, 0.4) is 0 Å². The van der Waals surface area contributed by atoms with Crippen LogP contribution in [0.4, 0.5) is 26.3 Å². The molecule has 7 nitrogen and oxygen atoms in total. The summed E-state index contributed by atoms with van der Waals surface area (Å²) in [7, 11) is 1.32. The molecule has 1 saturated carbocycles. The highest BCUT2D eigenvalue weighted by atomic mass is 19.4. The van der Waals surface area contributed by atoms with E-state index in [4.69, 9.17) is 9.47 Å². The van der Waals surface area contributed by atoms with Gasteiger partial charge < -0.3 is 19.9 Å². The second-order valence-electron chi connectivity index (χ2n) is 10.3. The highest BCUT2D eigenvalue weighted by molar-refractivity contribution is 5.95. The Bertz CT molecular complexity index is 1110. The number of aromatic nitrogens is 2.